The highest BCUT2D eigenvalue weighted by atomic mass is 16.6. The van der Waals surface area contributed by atoms with Gasteiger partial charge >= 0.3 is 12.1 Å². The molecule has 0 fully saturated rings. The van der Waals surface area contributed by atoms with Gasteiger partial charge < -0.3 is 19.7 Å². The average Bonchev–Trinajstić information content (AvgIpc) is 2.96. The van der Waals surface area contributed by atoms with Crippen molar-refractivity contribution in [3.63, 3.8) is 0 Å². The average molecular weight is 405 g/mol. The van der Waals surface area contributed by atoms with Gasteiger partial charge in [0.1, 0.15) is 11.6 Å². The van der Waals surface area contributed by atoms with Crippen molar-refractivity contribution in [1.29, 1.82) is 0 Å². The molecule has 29 heavy (non-hydrogen) atoms. The van der Waals surface area contributed by atoms with Crippen molar-refractivity contribution in [3.8, 4) is 0 Å². The molecule has 1 aromatic rings. The molecule has 7 nitrogen and oxygen atoms in total. The summed E-state index contributed by atoms with van der Waals surface area (Å²) in [5.41, 5.74) is 1.10. The summed E-state index contributed by atoms with van der Waals surface area (Å²) in [6.45, 7) is 9.29. The van der Waals surface area contributed by atoms with Crippen LogP contribution in [0.25, 0.3) is 0 Å². The molecule has 1 N–H and O–H groups in total. The third kappa shape index (κ3) is 6.21. The minimum Gasteiger partial charge on any atom is -0.469 e. The number of methoxy groups -OCH3 is 1. The Kier molecular flexibility index (Phi) is 7.27. The zero-order chi connectivity index (χ0) is 21.8. The number of anilines is 1. The van der Waals surface area contributed by atoms with Crippen LogP contribution in [0.1, 0.15) is 53.0 Å². The molecule has 0 radical (unpaired) electrons. The maximum atomic E-state index is 13.5. The monoisotopic (exact) mass is 404 g/mol. The lowest BCUT2D eigenvalue weighted by Gasteiger charge is -2.31. The summed E-state index contributed by atoms with van der Waals surface area (Å²) >= 11 is 0. The molecule has 7 heteroatoms. The number of amides is 2. The standard InChI is InChI=1S/C22H32N2O5/c1-14(2)11-17(23-21(27)29-22(3,4)5)20(26)24-16(13-19(25)28-6)12-15-9-7-8-10-18(15)24/h7-10,14,16-17H,11-13H2,1-6H3,(H,23,27)/t16-,17+/m1/s1. The summed E-state index contributed by atoms with van der Waals surface area (Å²) < 4.78 is 10.2. The maximum Gasteiger partial charge on any atom is 0.408 e. The Bertz CT molecular complexity index is 754. The van der Waals surface area contributed by atoms with Gasteiger partial charge in [-0.2, -0.15) is 0 Å². The molecule has 0 saturated carbocycles. The molecule has 0 aliphatic carbocycles. The zero-order valence-corrected chi connectivity index (χ0v) is 18.2. The van der Waals surface area contributed by atoms with Crippen LogP contribution >= 0.6 is 0 Å². The van der Waals surface area contributed by atoms with Gasteiger partial charge in [-0.05, 0) is 51.2 Å². The smallest absolute Gasteiger partial charge is 0.408 e. The number of rotatable bonds is 6. The number of ether oxygens (including phenoxy) is 2. The van der Waals surface area contributed by atoms with Crippen LogP contribution in [0.15, 0.2) is 24.3 Å². The van der Waals surface area contributed by atoms with E-state index in [2.05, 4.69) is 5.32 Å². The summed E-state index contributed by atoms with van der Waals surface area (Å²) in [5.74, 6) is -0.444. The van der Waals surface area contributed by atoms with Gasteiger partial charge in [0.05, 0.1) is 19.6 Å². The molecule has 0 unspecified atom stereocenters. The summed E-state index contributed by atoms with van der Waals surface area (Å²) in [6, 6.07) is 6.49. The fourth-order valence-electron chi connectivity index (χ4n) is 3.51. The molecule has 1 heterocycles. The van der Waals surface area contributed by atoms with Crippen LogP contribution in [0.2, 0.25) is 0 Å². The van der Waals surface area contributed by atoms with Crippen LogP contribution < -0.4 is 10.2 Å². The molecular formula is C22H32N2O5. The molecular weight excluding hydrogens is 372 g/mol. The number of hydrogen-bond donors (Lipinski definition) is 1. The summed E-state index contributed by atoms with van der Waals surface area (Å²) in [4.78, 5) is 39.4. The Balaban J connectivity index is 2.30. The van der Waals surface area contributed by atoms with Gasteiger partial charge in [-0.1, -0.05) is 32.0 Å². The highest BCUT2D eigenvalue weighted by molar-refractivity contribution is 6.01. The van der Waals surface area contributed by atoms with Gasteiger partial charge in [0.15, 0.2) is 0 Å². The highest BCUT2D eigenvalue weighted by Gasteiger charge is 2.39. The summed E-state index contributed by atoms with van der Waals surface area (Å²) in [6.07, 6.45) is 0.491. The molecule has 2 rings (SSSR count). The number of carbonyl (C=O) groups is 3. The Morgan fingerprint density at radius 2 is 1.86 bits per heavy atom. The number of fused-ring (bicyclic) bond motifs is 1. The van der Waals surface area contributed by atoms with E-state index in [1.807, 2.05) is 38.1 Å². The van der Waals surface area contributed by atoms with Crippen molar-refractivity contribution in [1.82, 2.24) is 5.32 Å². The van der Waals surface area contributed by atoms with Crippen LogP contribution in [-0.4, -0.2) is 42.8 Å². The Morgan fingerprint density at radius 1 is 1.21 bits per heavy atom. The predicted molar refractivity (Wildman–Crippen MR) is 111 cm³/mol. The normalized spacial score (nSPS) is 16.9. The highest BCUT2D eigenvalue weighted by Crippen LogP contribution is 2.34. The second-order valence-corrected chi connectivity index (χ2v) is 8.80. The van der Waals surface area contributed by atoms with Crippen LogP contribution in [0.3, 0.4) is 0 Å². The number of esters is 1. The Morgan fingerprint density at radius 3 is 2.45 bits per heavy atom. The molecule has 1 aliphatic rings. The molecule has 0 bridgehead atoms. The maximum absolute atomic E-state index is 13.5. The topological polar surface area (TPSA) is 84.9 Å². The first-order valence-corrected chi connectivity index (χ1v) is 9.99. The fraction of sp³-hybridized carbons (Fsp3) is 0.591. The lowest BCUT2D eigenvalue weighted by Crippen LogP contribution is -2.52. The molecule has 1 aliphatic heterocycles. The number of hydrogen-bond acceptors (Lipinski definition) is 5. The first-order chi connectivity index (χ1) is 13.5. The Labute approximate surface area is 172 Å². The molecule has 0 aromatic heterocycles. The van der Waals surface area contributed by atoms with E-state index in [-0.39, 0.29) is 30.3 Å². The molecule has 0 saturated heterocycles. The Hall–Kier alpha value is -2.57. The summed E-state index contributed by atoms with van der Waals surface area (Å²) in [5, 5.41) is 2.73. The van der Waals surface area contributed by atoms with Crippen molar-refractivity contribution in [2.45, 2.75) is 71.6 Å². The molecule has 1 aromatic carbocycles. The van der Waals surface area contributed by atoms with Crippen molar-refractivity contribution in [2.75, 3.05) is 12.0 Å². The van der Waals surface area contributed by atoms with Crippen LogP contribution in [0.4, 0.5) is 10.5 Å². The van der Waals surface area contributed by atoms with E-state index < -0.39 is 17.7 Å². The minimum absolute atomic E-state index is 0.0950. The first kappa shape index (κ1) is 22.7. The number of benzene rings is 1. The van der Waals surface area contributed by atoms with Gasteiger partial charge in [0.25, 0.3) is 0 Å². The SMILES string of the molecule is COC(=O)C[C@H]1Cc2ccccc2N1C(=O)[C@H](CC(C)C)NC(=O)OC(C)(C)C. The molecule has 2 atom stereocenters. The minimum atomic E-state index is -0.754. The third-order valence-corrected chi connectivity index (χ3v) is 4.64. The van der Waals surface area contributed by atoms with Crippen LogP contribution in [0, 0.1) is 5.92 Å². The number of carbonyl (C=O) groups excluding carboxylic acids is 3. The van der Waals surface area contributed by atoms with Gasteiger partial charge in [-0.25, -0.2) is 4.79 Å². The zero-order valence-electron chi connectivity index (χ0n) is 18.2. The largest absolute Gasteiger partial charge is 0.469 e. The quantitative estimate of drug-likeness (QED) is 0.734. The van der Waals surface area contributed by atoms with E-state index in [1.165, 1.54) is 7.11 Å². The summed E-state index contributed by atoms with van der Waals surface area (Å²) in [7, 11) is 1.34. The fourth-order valence-corrected chi connectivity index (χ4v) is 3.51. The third-order valence-electron chi connectivity index (χ3n) is 4.64. The number of nitrogens with one attached hydrogen (secondary N) is 1. The van der Waals surface area contributed by atoms with E-state index in [1.54, 1.807) is 25.7 Å². The number of alkyl carbamates (subject to hydrolysis) is 1. The molecule has 160 valence electrons. The van der Waals surface area contributed by atoms with Crippen molar-refractivity contribution < 1.29 is 23.9 Å². The number of para-hydroxylation sites is 1. The van der Waals surface area contributed by atoms with Gasteiger partial charge in [0, 0.05) is 5.69 Å². The van der Waals surface area contributed by atoms with E-state index in [0.29, 0.717) is 12.8 Å². The second kappa shape index (κ2) is 9.29. The van der Waals surface area contributed by atoms with E-state index >= 15 is 0 Å². The van der Waals surface area contributed by atoms with E-state index in [9.17, 15) is 14.4 Å². The van der Waals surface area contributed by atoms with Gasteiger partial charge in [0.2, 0.25) is 5.91 Å². The van der Waals surface area contributed by atoms with Gasteiger partial charge in [-0.3, -0.25) is 9.59 Å². The first-order valence-electron chi connectivity index (χ1n) is 9.99. The van der Waals surface area contributed by atoms with E-state index in [0.717, 1.165) is 11.3 Å². The molecule has 0 spiro atoms. The van der Waals surface area contributed by atoms with Crippen molar-refractivity contribution in [3.05, 3.63) is 29.8 Å². The lowest BCUT2D eigenvalue weighted by atomic mass is 10.0. The number of nitrogens with zero attached hydrogens (tertiary/aromatic N) is 1. The lowest BCUT2D eigenvalue weighted by molar-refractivity contribution is -0.141. The van der Waals surface area contributed by atoms with E-state index in [4.69, 9.17) is 9.47 Å². The predicted octanol–water partition coefficient (Wildman–Crippen LogP) is 3.45. The van der Waals surface area contributed by atoms with Crippen molar-refractivity contribution in [2.24, 2.45) is 5.92 Å². The van der Waals surface area contributed by atoms with Crippen LogP contribution in [0.5, 0.6) is 0 Å². The van der Waals surface area contributed by atoms with Gasteiger partial charge in [-0.15, -0.1) is 0 Å². The molecule has 2 amide bonds. The van der Waals surface area contributed by atoms with Crippen molar-refractivity contribution >= 4 is 23.7 Å². The second-order valence-electron chi connectivity index (χ2n) is 8.80. The van der Waals surface area contributed by atoms with Crippen LogP contribution in [-0.2, 0) is 25.5 Å².